The number of aromatic nitrogens is 4. The molecule has 46 heavy (non-hydrogen) atoms. The van der Waals surface area contributed by atoms with Crippen molar-refractivity contribution in [3.63, 3.8) is 0 Å². The van der Waals surface area contributed by atoms with Gasteiger partial charge in [-0.05, 0) is 29.8 Å². The largest absolute Gasteiger partial charge is 0.354 e. The SMILES string of the molecule is C.O=Cc1ccc(Cl)c(Cl)c1.O=c1cc(N2CCN(Cc3ccc(Cl)c(Cl)c3)CC2)nc[nH]1.O=c1cc(N2CCNCC2)nc[nH]1. The molecule has 4 heterocycles. The van der Waals surface area contributed by atoms with E-state index in [1.165, 1.54) is 30.9 Å². The number of nitrogens with zero attached hydrogens (tertiary/aromatic N) is 5. The highest BCUT2D eigenvalue weighted by Gasteiger charge is 2.18. The first-order chi connectivity index (χ1) is 21.7. The zero-order chi connectivity index (χ0) is 32.2. The van der Waals surface area contributed by atoms with Crippen molar-refractivity contribution < 1.29 is 4.79 Å². The molecule has 2 aromatic carbocycles. The van der Waals surface area contributed by atoms with Gasteiger partial charge in [0.1, 0.15) is 17.9 Å². The molecule has 0 spiro atoms. The zero-order valence-corrected chi connectivity index (χ0v) is 27.2. The van der Waals surface area contributed by atoms with Crippen LogP contribution in [0.1, 0.15) is 23.3 Å². The molecule has 2 fully saturated rings. The second-order valence-electron chi connectivity index (χ2n) is 10.1. The molecule has 0 amide bonds. The van der Waals surface area contributed by atoms with E-state index in [1.807, 2.05) is 18.2 Å². The molecule has 0 bridgehead atoms. The number of aldehydes is 1. The number of carbonyl (C=O) groups excluding carboxylic acids is 1. The van der Waals surface area contributed by atoms with Crippen LogP contribution < -0.4 is 26.2 Å². The highest BCUT2D eigenvalue weighted by Crippen LogP contribution is 2.24. The number of benzene rings is 2. The maximum atomic E-state index is 11.3. The molecular formula is C31H36Cl4N8O3. The summed E-state index contributed by atoms with van der Waals surface area (Å²) in [5.41, 5.74) is 1.47. The summed E-state index contributed by atoms with van der Waals surface area (Å²) in [6.45, 7) is 8.09. The summed E-state index contributed by atoms with van der Waals surface area (Å²) in [5.74, 6) is 1.50. The smallest absolute Gasteiger partial charge is 0.252 e. The average Bonchev–Trinajstić information content (AvgIpc) is 3.05. The molecule has 3 N–H and O–H groups in total. The summed E-state index contributed by atoms with van der Waals surface area (Å²) >= 11 is 23.2. The number of piperazine rings is 2. The number of carbonyl (C=O) groups is 1. The molecule has 0 unspecified atom stereocenters. The lowest BCUT2D eigenvalue weighted by Crippen LogP contribution is -2.46. The summed E-state index contributed by atoms with van der Waals surface area (Å²) in [5, 5.41) is 5.29. The molecule has 0 atom stereocenters. The van der Waals surface area contributed by atoms with E-state index >= 15 is 0 Å². The van der Waals surface area contributed by atoms with Crippen molar-refractivity contribution in [2.75, 3.05) is 62.2 Å². The van der Waals surface area contributed by atoms with Crippen molar-refractivity contribution in [3.8, 4) is 0 Å². The summed E-state index contributed by atoms with van der Waals surface area (Å²) in [6, 6.07) is 13.5. The highest BCUT2D eigenvalue weighted by atomic mass is 35.5. The molecule has 0 radical (unpaired) electrons. The van der Waals surface area contributed by atoms with E-state index in [-0.39, 0.29) is 18.5 Å². The molecule has 11 nitrogen and oxygen atoms in total. The number of aromatic amines is 2. The van der Waals surface area contributed by atoms with Crippen LogP contribution in [0.5, 0.6) is 0 Å². The summed E-state index contributed by atoms with van der Waals surface area (Å²) in [4.78, 5) is 52.4. The van der Waals surface area contributed by atoms with Crippen molar-refractivity contribution in [2.24, 2.45) is 0 Å². The monoisotopic (exact) mass is 708 g/mol. The summed E-state index contributed by atoms with van der Waals surface area (Å²) in [7, 11) is 0. The van der Waals surface area contributed by atoms with Crippen molar-refractivity contribution in [3.05, 3.63) is 113 Å². The van der Waals surface area contributed by atoms with Crippen LogP contribution >= 0.6 is 46.4 Å². The first kappa shape index (κ1) is 37.0. The zero-order valence-electron chi connectivity index (χ0n) is 24.2. The molecule has 2 aliphatic rings. The van der Waals surface area contributed by atoms with Gasteiger partial charge in [0.2, 0.25) is 0 Å². The number of halogens is 4. The van der Waals surface area contributed by atoms with Crippen LogP contribution in [0, 0.1) is 0 Å². The van der Waals surface area contributed by atoms with E-state index in [1.54, 1.807) is 12.1 Å². The Balaban J connectivity index is 0.000000204. The molecule has 246 valence electrons. The van der Waals surface area contributed by atoms with Gasteiger partial charge >= 0.3 is 0 Å². The number of anilines is 2. The van der Waals surface area contributed by atoms with Gasteiger partial charge in [0, 0.05) is 76.6 Å². The lowest BCUT2D eigenvalue weighted by Gasteiger charge is -2.35. The molecule has 2 aliphatic heterocycles. The Morgan fingerprint density at radius 3 is 1.70 bits per heavy atom. The van der Waals surface area contributed by atoms with E-state index in [0.717, 1.165) is 82.4 Å². The molecule has 2 aromatic heterocycles. The van der Waals surface area contributed by atoms with E-state index in [0.29, 0.717) is 25.7 Å². The van der Waals surface area contributed by atoms with Gasteiger partial charge in [-0.1, -0.05) is 66.0 Å². The highest BCUT2D eigenvalue weighted by molar-refractivity contribution is 6.42. The molecule has 4 aromatic rings. The quantitative estimate of drug-likeness (QED) is 0.245. The van der Waals surface area contributed by atoms with Gasteiger partial charge in [0.05, 0.1) is 32.7 Å². The average molecular weight is 710 g/mol. The number of H-pyrrole nitrogens is 2. The second-order valence-corrected chi connectivity index (χ2v) is 11.7. The normalized spacial score (nSPS) is 14.6. The third kappa shape index (κ3) is 11.4. The van der Waals surface area contributed by atoms with Gasteiger partial charge in [-0.3, -0.25) is 19.3 Å². The predicted octanol–water partition coefficient (Wildman–Crippen LogP) is 5.02. The molecule has 6 rings (SSSR count). The van der Waals surface area contributed by atoms with E-state index in [4.69, 9.17) is 46.4 Å². The topological polar surface area (TPSA) is 130 Å². The van der Waals surface area contributed by atoms with Gasteiger partial charge in [0.15, 0.2) is 0 Å². The molecule has 15 heteroatoms. The van der Waals surface area contributed by atoms with Gasteiger partial charge < -0.3 is 25.1 Å². The number of hydrogen-bond acceptors (Lipinski definition) is 9. The fraction of sp³-hybridized carbons (Fsp3) is 0.323. The van der Waals surface area contributed by atoms with Crippen LogP contribution in [0.3, 0.4) is 0 Å². The standard InChI is InChI=1S/C15H16Cl2N4O.C8H12N4O.C7H4Cl2O.CH4/c16-12-2-1-11(7-13(12)17)9-20-3-5-21(6-4-20)14-8-15(22)19-10-18-14;13-8-5-7(10-6-11-8)12-3-1-9-2-4-12;8-6-2-1-5(4-10)3-7(6)9;/h1-2,7-8,10H,3-6,9H2,(H,18,19,22);5-6,9H,1-4H2,(H,10,11,13);1-4H;1H4. The third-order valence-electron chi connectivity index (χ3n) is 6.93. The van der Waals surface area contributed by atoms with Crippen LogP contribution in [-0.2, 0) is 6.54 Å². The molecular weight excluding hydrogens is 674 g/mol. The van der Waals surface area contributed by atoms with Crippen molar-refractivity contribution in [1.82, 2.24) is 30.2 Å². The van der Waals surface area contributed by atoms with E-state index < -0.39 is 0 Å². The number of rotatable bonds is 5. The van der Waals surface area contributed by atoms with Crippen LogP contribution in [0.4, 0.5) is 11.6 Å². The Labute approximate surface area is 287 Å². The minimum absolute atomic E-state index is 0. The van der Waals surface area contributed by atoms with Gasteiger partial charge in [-0.15, -0.1) is 0 Å². The third-order valence-corrected chi connectivity index (χ3v) is 8.41. The summed E-state index contributed by atoms with van der Waals surface area (Å²) < 4.78 is 0. The van der Waals surface area contributed by atoms with Crippen molar-refractivity contribution in [1.29, 1.82) is 0 Å². The maximum absolute atomic E-state index is 11.3. The minimum atomic E-state index is -0.122. The van der Waals surface area contributed by atoms with E-state index in [9.17, 15) is 14.4 Å². The fourth-order valence-corrected chi connectivity index (χ4v) is 5.20. The first-order valence-electron chi connectivity index (χ1n) is 14.1. The summed E-state index contributed by atoms with van der Waals surface area (Å²) in [6.07, 6.45) is 3.61. The lowest BCUT2D eigenvalue weighted by molar-refractivity contribution is 0.112. The van der Waals surface area contributed by atoms with Gasteiger partial charge in [0.25, 0.3) is 11.1 Å². The van der Waals surface area contributed by atoms with Gasteiger partial charge in [-0.25, -0.2) is 9.97 Å². The number of nitrogens with one attached hydrogen (secondary N) is 3. The Morgan fingerprint density at radius 1 is 0.674 bits per heavy atom. The van der Waals surface area contributed by atoms with Crippen LogP contribution in [-0.4, -0.2) is 83.5 Å². The van der Waals surface area contributed by atoms with Gasteiger partial charge in [-0.2, -0.15) is 0 Å². The predicted molar refractivity (Wildman–Crippen MR) is 187 cm³/mol. The van der Waals surface area contributed by atoms with Crippen LogP contribution in [0.25, 0.3) is 0 Å². The molecule has 0 saturated carbocycles. The minimum Gasteiger partial charge on any atom is -0.354 e. The second kappa shape index (κ2) is 18.6. The Kier molecular flexibility index (Phi) is 15.0. The first-order valence-corrected chi connectivity index (χ1v) is 15.6. The fourth-order valence-electron chi connectivity index (χ4n) is 4.57. The Morgan fingerprint density at radius 2 is 1.20 bits per heavy atom. The van der Waals surface area contributed by atoms with Crippen LogP contribution in [0.15, 0.2) is 70.8 Å². The maximum Gasteiger partial charge on any atom is 0.252 e. The molecule has 0 aliphatic carbocycles. The van der Waals surface area contributed by atoms with E-state index in [2.05, 4.69) is 40.0 Å². The molecule has 2 saturated heterocycles. The van der Waals surface area contributed by atoms with Crippen LogP contribution in [0.2, 0.25) is 20.1 Å². The lowest BCUT2D eigenvalue weighted by atomic mass is 10.2. The Bertz CT molecular complexity index is 1670. The van der Waals surface area contributed by atoms with Crippen molar-refractivity contribution in [2.45, 2.75) is 14.0 Å². The van der Waals surface area contributed by atoms with Crippen molar-refractivity contribution >= 4 is 64.3 Å². The number of hydrogen-bond donors (Lipinski definition) is 3. The Hall–Kier alpha value is -3.45.